The third-order valence-corrected chi connectivity index (χ3v) is 5.58. The van der Waals surface area contributed by atoms with Gasteiger partial charge in [-0.05, 0) is 26.7 Å². The minimum Gasteiger partial charge on any atom is -0.371 e. The van der Waals surface area contributed by atoms with Crippen LogP contribution >= 0.6 is 0 Å². The Bertz CT molecular complexity index is 719. The standard InChI is InChI=1S/C19H29N5O3/c1-4-15(2)18(26)23-9-7-19(8-10-23)14-24(11-12-27-19)17(25)6-5-16-13-20-22(3)21-16/h4,13H,5-12,14H2,1-3H3/b15-4+. The largest absolute Gasteiger partial charge is 0.371 e. The number of morpholine rings is 1. The zero-order chi connectivity index (χ0) is 19.4. The van der Waals surface area contributed by atoms with Crippen molar-refractivity contribution in [1.82, 2.24) is 24.8 Å². The first-order valence-corrected chi connectivity index (χ1v) is 9.61. The Morgan fingerprint density at radius 1 is 1.26 bits per heavy atom. The van der Waals surface area contributed by atoms with E-state index in [1.807, 2.05) is 29.7 Å². The molecule has 0 aliphatic carbocycles. The van der Waals surface area contributed by atoms with Crippen LogP contribution in [0.15, 0.2) is 17.8 Å². The Kier molecular flexibility index (Phi) is 5.94. The number of piperidine rings is 1. The summed E-state index contributed by atoms with van der Waals surface area (Å²) < 4.78 is 6.10. The van der Waals surface area contributed by atoms with Gasteiger partial charge in [0.25, 0.3) is 0 Å². The van der Waals surface area contributed by atoms with Gasteiger partial charge in [0.05, 0.1) is 24.1 Å². The van der Waals surface area contributed by atoms with Gasteiger partial charge in [0, 0.05) is 51.6 Å². The molecule has 3 rings (SSSR count). The first kappa shape index (κ1) is 19.5. The third-order valence-electron chi connectivity index (χ3n) is 5.58. The summed E-state index contributed by atoms with van der Waals surface area (Å²) >= 11 is 0. The lowest BCUT2D eigenvalue weighted by Crippen LogP contribution is -2.58. The average molecular weight is 375 g/mol. The Morgan fingerprint density at radius 2 is 2.00 bits per heavy atom. The molecule has 0 bridgehead atoms. The first-order chi connectivity index (χ1) is 12.9. The van der Waals surface area contributed by atoms with Crippen LogP contribution in [0.3, 0.4) is 0 Å². The maximum absolute atomic E-state index is 12.6. The van der Waals surface area contributed by atoms with Crippen molar-refractivity contribution in [1.29, 1.82) is 0 Å². The maximum Gasteiger partial charge on any atom is 0.249 e. The minimum atomic E-state index is -0.318. The summed E-state index contributed by atoms with van der Waals surface area (Å²) in [5.74, 6) is 0.228. The second-order valence-electron chi connectivity index (χ2n) is 7.44. The summed E-state index contributed by atoms with van der Waals surface area (Å²) in [4.78, 5) is 30.3. The molecule has 0 atom stereocenters. The number of carbonyl (C=O) groups is 2. The van der Waals surface area contributed by atoms with Gasteiger partial charge < -0.3 is 14.5 Å². The molecule has 1 aromatic heterocycles. The molecular weight excluding hydrogens is 346 g/mol. The molecule has 148 valence electrons. The summed E-state index contributed by atoms with van der Waals surface area (Å²) in [5, 5.41) is 8.26. The molecule has 0 unspecified atom stereocenters. The van der Waals surface area contributed by atoms with Gasteiger partial charge in [0.15, 0.2) is 0 Å². The summed E-state index contributed by atoms with van der Waals surface area (Å²) in [5.41, 5.74) is 1.29. The van der Waals surface area contributed by atoms with Gasteiger partial charge in [-0.25, -0.2) is 0 Å². The fourth-order valence-electron chi connectivity index (χ4n) is 3.75. The van der Waals surface area contributed by atoms with Crippen LogP contribution in [0.25, 0.3) is 0 Å². The van der Waals surface area contributed by atoms with Crippen LogP contribution in [0.4, 0.5) is 0 Å². The Labute approximate surface area is 160 Å². The first-order valence-electron chi connectivity index (χ1n) is 9.61. The van der Waals surface area contributed by atoms with Crippen LogP contribution in [0.5, 0.6) is 0 Å². The molecule has 2 saturated heterocycles. The van der Waals surface area contributed by atoms with Gasteiger partial charge in [-0.15, -0.1) is 0 Å². The van der Waals surface area contributed by atoms with Crippen molar-refractivity contribution < 1.29 is 14.3 Å². The number of amides is 2. The highest BCUT2D eigenvalue weighted by molar-refractivity contribution is 5.92. The molecule has 3 heterocycles. The number of likely N-dealkylation sites (tertiary alicyclic amines) is 1. The SMILES string of the molecule is C/C=C(\C)C(=O)N1CCC2(CC1)CN(C(=O)CCc1cnn(C)n1)CCO2. The number of ether oxygens (including phenoxy) is 1. The minimum absolute atomic E-state index is 0.0973. The molecule has 1 spiro atoms. The molecule has 27 heavy (non-hydrogen) atoms. The summed E-state index contributed by atoms with van der Waals surface area (Å²) in [6.45, 7) is 6.86. The van der Waals surface area contributed by atoms with Gasteiger partial charge in [-0.1, -0.05) is 6.08 Å². The number of allylic oxidation sites excluding steroid dienone is 1. The summed E-state index contributed by atoms with van der Waals surface area (Å²) in [7, 11) is 1.77. The highest BCUT2D eigenvalue weighted by Gasteiger charge is 2.41. The van der Waals surface area contributed by atoms with Crippen LogP contribution in [0, 0.1) is 0 Å². The number of rotatable bonds is 4. The lowest BCUT2D eigenvalue weighted by Gasteiger charge is -2.47. The highest BCUT2D eigenvalue weighted by Crippen LogP contribution is 2.31. The number of nitrogens with zero attached hydrogens (tertiary/aromatic N) is 5. The van der Waals surface area contributed by atoms with Gasteiger partial charge >= 0.3 is 0 Å². The molecule has 1 aromatic rings. The van der Waals surface area contributed by atoms with E-state index in [-0.39, 0.29) is 17.4 Å². The Balaban J connectivity index is 1.53. The fraction of sp³-hybridized carbons (Fsp3) is 0.684. The number of hydrogen-bond acceptors (Lipinski definition) is 5. The van der Waals surface area contributed by atoms with Crippen LogP contribution in [0.1, 0.15) is 38.8 Å². The summed E-state index contributed by atoms with van der Waals surface area (Å²) in [6, 6.07) is 0. The molecule has 8 heteroatoms. The number of aromatic nitrogens is 3. The number of carbonyl (C=O) groups excluding carboxylic acids is 2. The van der Waals surface area contributed by atoms with Crippen molar-refractivity contribution in [3.63, 3.8) is 0 Å². The van der Waals surface area contributed by atoms with Crippen LogP contribution in [0.2, 0.25) is 0 Å². The van der Waals surface area contributed by atoms with Crippen LogP contribution in [-0.2, 0) is 27.8 Å². The highest BCUT2D eigenvalue weighted by atomic mass is 16.5. The smallest absolute Gasteiger partial charge is 0.249 e. The normalized spacial score (nSPS) is 20.2. The van der Waals surface area contributed by atoms with E-state index in [1.54, 1.807) is 13.2 Å². The van der Waals surface area contributed by atoms with Gasteiger partial charge in [-0.3, -0.25) is 9.59 Å². The maximum atomic E-state index is 12.6. The van der Waals surface area contributed by atoms with Gasteiger partial charge in [0.2, 0.25) is 11.8 Å². The van der Waals surface area contributed by atoms with E-state index in [1.165, 1.54) is 4.80 Å². The van der Waals surface area contributed by atoms with Crippen LogP contribution in [-0.4, -0.2) is 75.0 Å². The second-order valence-corrected chi connectivity index (χ2v) is 7.44. The Morgan fingerprint density at radius 3 is 2.63 bits per heavy atom. The van der Waals surface area contributed by atoms with Crippen molar-refractivity contribution in [2.24, 2.45) is 7.05 Å². The van der Waals surface area contributed by atoms with Gasteiger partial charge in [-0.2, -0.15) is 15.0 Å². The molecule has 2 aliphatic rings. The van der Waals surface area contributed by atoms with E-state index >= 15 is 0 Å². The third kappa shape index (κ3) is 4.55. The lowest BCUT2D eigenvalue weighted by atomic mass is 9.89. The molecule has 0 radical (unpaired) electrons. The molecule has 0 N–H and O–H groups in total. The van der Waals surface area contributed by atoms with Crippen molar-refractivity contribution in [3.8, 4) is 0 Å². The van der Waals surface area contributed by atoms with Crippen molar-refractivity contribution in [2.75, 3.05) is 32.8 Å². The average Bonchev–Trinajstić information content (AvgIpc) is 3.11. The zero-order valence-electron chi connectivity index (χ0n) is 16.5. The monoisotopic (exact) mass is 375 g/mol. The van der Waals surface area contributed by atoms with Crippen LogP contribution < -0.4 is 0 Å². The predicted octanol–water partition coefficient (Wildman–Crippen LogP) is 0.934. The van der Waals surface area contributed by atoms with E-state index < -0.39 is 0 Å². The molecular formula is C19H29N5O3. The van der Waals surface area contributed by atoms with Crippen molar-refractivity contribution in [2.45, 2.75) is 45.1 Å². The Hall–Kier alpha value is -2.22. The van der Waals surface area contributed by atoms with Crippen molar-refractivity contribution in [3.05, 3.63) is 23.5 Å². The molecule has 0 aromatic carbocycles. The van der Waals surface area contributed by atoms with E-state index in [0.29, 0.717) is 45.6 Å². The zero-order valence-corrected chi connectivity index (χ0v) is 16.5. The quantitative estimate of drug-likeness (QED) is 0.732. The number of hydrogen-bond donors (Lipinski definition) is 0. The molecule has 2 fully saturated rings. The van der Waals surface area contributed by atoms with Gasteiger partial charge in [0.1, 0.15) is 0 Å². The van der Waals surface area contributed by atoms with E-state index in [2.05, 4.69) is 10.2 Å². The van der Waals surface area contributed by atoms with Crippen molar-refractivity contribution >= 4 is 11.8 Å². The molecule has 8 nitrogen and oxygen atoms in total. The molecule has 0 saturated carbocycles. The van der Waals surface area contributed by atoms with E-state index in [9.17, 15) is 9.59 Å². The lowest BCUT2D eigenvalue weighted by molar-refractivity contribution is -0.162. The molecule has 2 aliphatic heterocycles. The predicted molar refractivity (Wildman–Crippen MR) is 99.8 cm³/mol. The second kappa shape index (κ2) is 8.21. The summed E-state index contributed by atoms with van der Waals surface area (Å²) in [6.07, 6.45) is 6.12. The topological polar surface area (TPSA) is 80.6 Å². The van der Waals surface area contributed by atoms with E-state index in [0.717, 1.165) is 24.1 Å². The molecule has 2 amide bonds. The number of aryl methyl sites for hydroxylation is 2. The van der Waals surface area contributed by atoms with E-state index in [4.69, 9.17) is 4.74 Å². The fourth-order valence-corrected chi connectivity index (χ4v) is 3.75.